The first-order chi connectivity index (χ1) is 20.5. The molecule has 232 valence electrons. The molecule has 0 aliphatic rings. The molecule has 0 aliphatic heterocycles. The molecule has 2 aromatic carbocycles. The van der Waals surface area contributed by atoms with Crippen molar-refractivity contribution >= 4 is 19.2 Å². The number of ether oxygens (including phenoxy) is 3. The average molecular weight is 621 g/mol. The summed E-state index contributed by atoms with van der Waals surface area (Å²) < 4.78 is 42.8. The number of aromatic nitrogens is 1. The van der Waals surface area contributed by atoms with Gasteiger partial charge in [-0.2, -0.15) is 4.57 Å². The normalized spacial score (nSPS) is 13.4. The van der Waals surface area contributed by atoms with Gasteiger partial charge in [0.05, 0.1) is 24.2 Å². The van der Waals surface area contributed by atoms with Gasteiger partial charge in [0.2, 0.25) is 5.51 Å². The molecule has 0 saturated heterocycles. The second kappa shape index (κ2) is 19.7. The molecule has 3 aromatic rings. The monoisotopic (exact) mass is 620 g/mol. The van der Waals surface area contributed by atoms with Crippen molar-refractivity contribution in [2.24, 2.45) is 0 Å². The van der Waals surface area contributed by atoms with Crippen LogP contribution in [0.5, 0.6) is 17.2 Å². The molecule has 0 amide bonds. The Morgan fingerprint density at radius 2 is 1.45 bits per heavy atom. The largest absolute Gasteiger partial charge is 0.527 e. The first-order valence-electron chi connectivity index (χ1n) is 15.0. The fraction of sp³-hybridized carbons (Fsp3) is 0.531. The number of rotatable bonds is 23. The maximum absolute atomic E-state index is 12.8. The van der Waals surface area contributed by atoms with E-state index in [1.807, 2.05) is 58.1 Å². The Kier molecular flexibility index (Phi) is 16.0. The summed E-state index contributed by atoms with van der Waals surface area (Å²) in [5.41, 5.74) is 2.72. The Labute approximate surface area is 255 Å². The molecule has 8 nitrogen and oxygen atoms in total. The Hall–Kier alpha value is -2.42. The maximum atomic E-state index is 12.8. The Bertz CT molecular complexity index is 1180. The van der Waals surface area contributed by atoms with Crippen molar-refractivity contribution in [2.75, 3.05) is 26.9 Å². The van der Waals surface area contributed by atoms with Crippen LogP contribution in [0.2, 0.25) is 0 Å². The van der Waals surface area contributed by atoms with Crippen LogP contribution in [0.25, 0.3) is 0 Å². The number of benzene rings is 2. The zero-order valence-corrected chi connectivity index (χ0v) is 26.7. The molecule has 42 heavy (non-hydrogen) atoms. The van der Waals surface area contributed by atoms with E-state index in [0.717, 1.165) is 18.4 Å². The van der Waals surface area contributed by atoms with Gasteiger partial charge in [0, 0.05) is 7.11 Å². The summed E-state index contributed by atoms with van der Waals surface area (Å²) in [5, 5.41) is 1.96. The van der Waals surface area contributed by atoms with Gasteiger partial charge < -0.3 is 18.7 Å². The van der Waals surface area contributed by atoms with Gasteiger partial charge in [-0.05, 0) is 30.7 Å². The van der Waals surface area contributed by atoms with Crippen molar-refractivity contribution in [3.63, 3.8) is 0 Å². The van der Waals surface area contributed by atoms with Crippen LogP contribution >= 0.6 is 19.2 Å². The number of hydrogen-bond acceptors (Lipinski definition) is 7. The van der Waals surface area contributed by atoms with Crippen molar-refractivity contribution in [3.05, 3.63) is 71.2 Å². The van der Waals surface area contributed by atoms with Crippen molar-refractivity contribution in [2.45, 2.75) is 83.8 Å². The number of phosphoric ester groups is 1. The molecule has 0 radical (unpaired) electrons. The van der Waals surface area contributed by atoms with Crippen molar-refractivity contribution in [1.29, 1.82) is 0 Å². The van der Waals surface area contributed by atoms with Gasteiger partial charge in [-0.15, -0.1) is 0 Å². The topological polar surface area (TPSA) is 87.3 Å². The molecule has 0 saturated carbocycles. The van der Waals surface area contributed by atoms with Gasteiger partial charge in [0.1, 0.15) is 18.5 Å². The van der Waals surface area contributed by atoms with Gasteiger partial charge in [0.25, 0.3) is 0 Å². The minimum atomic E-state index is -4.41. The third-order valence-electron chi connectivity index (χ3n) is 6.85. The summed E-state index contributed by atoms with van der Waals surface area (Å²) in [6.45, 7) is 3.31. The molecule has 1 aromatic heterocycles. The highest BCUT2D eigenvalue weighted by atomic mass is 32.1. The quantitative estimate of drug-likeness (QED) is 0.0654. The zero-order valence-electron chi connectivity index (χ0n) is 25.0. The number of methoxy groups -OCH3 is 1. The van der Waals surface area contributed by atoms with Crippen LogP contribution in [-0.2, 0) is 20.4 Å². The summed E-state index contributed by atoms with van der Waals surface area (Å²) in [4.78, 5) is 10.4. The van der Waals surface area contributed by atoms with Gasteiger partial charge in [-0.1, -0.05) is 100 Å². The van der Waals surface area contributed by atoms with Gasteiger partial charge in [-0.25, -0.2) is 4.57 Å². The molecule has 1 N–H and O–H groups in total. The van der Waals surface area contributed by atoms with Crippen LogP contribution in [0.4, 0.5) is 0 Å². The second-order valence-electron chi connectivity index (χ2n) is 10.3. The van der Waals surface area contributed by atoms with Crippen LogP contribution in [0.3, 0.4) is 0 Å². The molecule has 0 bridgehead atoms. The van der Waals surface area contributed by atoms with Crippen LogP contribution in [-0.4, -0.2) is 37.9 Å². The summed E-state index contributed by atoms with van der Waals surface area (Å²) >= 11 is 1.56. The number of phosphoric acid groups is 1. The third-order valence-corrected chi connectivity index (χ3v) is 8.43. The van der Waals surface area contributed by atoms with Crippen molar-refractivity contribution in [1.82, 2.24) is 0 Å². The number of nitrogens with zero attached hydrogens (tertiary/aromatic N) is 1. The molecular weight excluding hydrogens is 573 g/mol. The lowest BCUT2D eigenvalue weighted by molar-refractivity contribution is -0.683. The maximum Gasteiger partial charge on any atom is 0.527 e. The molecule has 0 aliphatic carbocycles. The lowest BCUT2D eigenvalue weighted by Gasteiger charge is -2.20. The minimum absolute atomic E-state index is 0.112. The van der Waals surface area contributed by atoms with E-state index in [4.69, 9.17) is 23.3 Å². The highest BCUT2D eigenvalue weighted by Gasteiger charge is 2.27. The highest BCUT2D eigenvalue weighted by molar-refractivity contribution is 7.47. The predicted octanol–water partition coefficient (Wildman–Crippen LogP) is 7.97. The first-order valence-corrected chi connectivity index (χ1v) is 17.5. The Balaban J connectivity index is 1.38. The highest BCUT2D eigenvalue weighted by Crippen LogP contribution is 2.45. The minimum Gasteiger partial charge on any atom is -0.490 e. The molecule has 2 atom stereocenters. The van der Waals surface area contributed by atoms with Gasteiger partial charge in [-0.3, -0.25) is 9.42 Å². The number of para-hydroxylation sites is 3. The van der Waals surface area contributed by atoms with E-state index in [1.165, 1.54) is 58.5 Å². The van der Waals surface area contributed by atoms with E-state index in [9.17, 15) is 9.46 Å². The fourth-order valence-corrected chi connectivity index (χ4v) is 5.86. The van der Waals surface area contributed by atoms with E-state index in [1.54, 1.807) is 23.5 Å². The average Bonchev–Trinajstić information content (AvgIpc) is 3.50. The van der Waals surface area contributed by atoms with Crippen molar-refractivity contribution in [3.8, 4) is 17.2 Å². The second-order valence-corrected chi connectivity index (χ2v) is 12.4. The number of unbranched alkanes of at least 4 members (excludes halogenated alkanes) is 9. The third kappa shape index (κ3) is 13.3. The number of hydrogen-bond donors (Lipinski definition) is 1. The molecule has 2 unspecified atom stereocenters. The predicted molar refractivity (Wildman–Crippen MR) is 167 cm³/mol. The molecule has 0 spiro atoms. The molecular formula is C32H47NO7PS+. The van der Waals surface area contributed by atoms with E-state index in [-0.39, 0.29) is 13.2 Å². The summed E-state index contributed by atoms with van der Waals surface area (Å²) in [6.07, 6.45) is 14.1. The van der Waals surface area contributed by atoms with E-state index in [0.29, 0.717) is 30.4 Å². The fourth-order valence-electron chi connectivity index (χ4n) is 4.43. The summed E-state index contributed by atoms with van der Waals surface area (Å²) in [6, 6.07) is 14.6. The van der Waals surface area contributed by atoms with E-state index in [2.05, 4.69) is 6.92 Å². The van der Waals surface area contributed by atoms with Crippen LogP contribution in [0, 0.1) is 0 Å². The molecule has 0 fully saturated rings. The standard InChI is InChI=1S/C32H46NO7PS/c1-3-4-5-6-7-8-9-10-11-16-22-37-31-19-14-15-20-32(31)38-25-29(36-2)26-39-41(34,35)40-30-18-13-12-17-28(30)24-33-21-23-42-27-33/h12-15,17-21,23,27,29H,3-11,16,22,24-26H2,1-2H3/p+1. The summed E-state index contributed by atoms with van der Waals surface area (Å²) in [7, 11) is -2.90. The first kappa shape index (κ1) is 34.1. The number of thiazole rings is 1. The van der Waals surface area contributed by atoms with E-state index < -0.39 is 13.9 Å². The zero-order chi connectivity index (χ0) is 29.9. The van der Waals surface area contributed by atoms with Crippen LogP contribution in [0.15, 0.2) is 65.6 Å². The lowest BCUT2D eigenvalue weighted by Crippen LogP contribution is -2.30. The van der Waals surface area contributed by atoms with Crippen LogP contribution in [0.1, 0.15) is 76.7 Å². The van der Waals surface area contributed by atoms with E-state index >= 15 is 0 Å². The Morgan fingerprint density at radius 1 is 0.833 bits per heavy atom. The molecule has 3 rings (SSSR count). The Morgan fingerprint density at radius 3 is 2.10 bits per heavy atom. The van der Waals surface area contributed by atoms with Gasteiger partial charge >= 0.3 is 7.82 Å². The SMILES string of the molecule is CCCCCCCCCCCCOc1ccccc1OCC(COP(=O)(O)Oc1ccccc1C[n+]1ccsc1)OC. The summed E-state index contributed by atoms with van der Waals surface area (Å²) in [5.74, 6) is 1.55. The van der Waals surface area contributed by atoms with Crippen LogP contribution < -0.4 is 18.6 Å². The molecule has 10 heteroatoms. The smallest absolute Gasteiger partial charge is 0.490 e. The van der Waals surface area contributed by atoms with Gasteiger partial charge in [0.15, 0.2) is 24.2 Å². The molecule has 1 heterocycles. The lowest BCUT2D eigenvalue weighted by atomic mass is 10.1. The van der Waals surface area contributed by atoms with Crippen molar-refractivity contribution < 1.29 is 37.3 Å².